The van der Waals surface area contributed by atoms with Crippen LogP contribution in [0.4, 0.5) is 0 Å². The average molecular weight is 302 g/mol. The van der Waals surface area contributed by atoms with E-state index in [9.17, 15) is 0 Å². The first-order valence-electron chi connectivity index (χ1n) is 9.53. The maximum atomic E-state index is 2.58. The highest BCUT2D eigenvalue weighted by atomic mass is 14.5. The first kappa shape index (κ1) is 13.8. The summed E-state index contributed by atoms with van der Waals surface area (Å²) < 4.78 is 0. The molecule has 5 rings (SSSR count). The van der Waals surface area contributed by atoms with Gasteiger partial charge in [-0.15, -0.1) is 0 Å². The Morgan fingerprint density at radius 3 is 2.91 bits per heavy atom. The van der Waals surface area contributed by atoms with Gasteiger partial charge in [0.05, 0.1) is 0 Å². The second-order valence-corrected chi connectivity index (χ2v) is 8.10. The Bertz CT molecular complexity index is 797. The zero-order chi connectivity index (χ0) is 15.4. The minimum Gasteiger partial charge on any atom is -0.0851 e. The van der Waals surface area contributed by atoms with Crippen LogP contribution in [-0.2, 0) is 18.3 Å². The summed E-state index contributed by atoms with van der Waals surface area (Å²) in [6.45, 7) is 2.29. The highest BCUT2D eigenvalue weighted by Crippen LogP contribution is 2.58. The molecule has 0 aromatic heterocycles. The number of aryl methyl sites for hydroxylation is 2. The molecule has 0 heteroatoms. The molecule has 0 N–H and O–H groups in total. The molecule has 0 amide bonds. The molecule has 0 heterocycles. The molecular formula is C23H26. The second-order valence-electron chi connectivity index (χ2n) is 8.10. The Kier molecular flexibility index (Phi) is 2.99. The predicted molar refractivity (Wildman–Crippen MR) is 97.9 cm³/mol. The Hall–Kier alpha value is -1.56. The van der Waals surface area contributed by atoms with Crippen molar-refractivity contribution in [2.45, 2.75) is 57.3 Å². The van der Waals surface area contributed by atoms with Crippen LogP contribution in [0.15, 0.2) is 42.5 Å². The predicted octanol–water partition coefficient (Wildman–Crippen LogP) is 5.96. The molecule has 1 fully saturated rings. The van der Waals surface area contributed by atoms with Crippen molar-refractivity contribution in [1.82, 2.24) is 0 Å². The Morgan fingerprint density at radius 2 is 2.13 bits per heavy atom. The van der Waals surface area contributed by atoms with Gasteiger partial charge in [-0.2, -0.15) is 0 Å². The van der Waals surface area contributed by atoms with Crippen LogP contribution in [0.2, 0.25) is 0 Å². The van der Waals surface area contributed by atoms with Crippen LogP contribution in [0.25, 0.3) is 10.8 Å². The van der Waals surface area contributed by atoms with Crippen molar-refractivity contribution < 1.29 is 0 Å². The van der Waals surface area contributed by atoms with E-state index in [4.69, 9.17) is 0 Å². The van der Waals surface area contributed by atoms with Gasteiger partial charge < -0.3 is 0 Å². The Morgan fingerprint density at radius 1 is 1.17 bits per heavy atom. The van der Waals surface area contributed by atoms with Gasteiger partial charge in [-0.05, 0) is 77.8 Å². The number of allylic oxidation sites excluding steroid dienone is 2. The number of hydrogen-bond donors (Lipinski definition) is 0. The summed E-state index contributed by atoms with van der Waals surface area (Å²) in [7, 11) is 0. The lowest BCUT2D eigenvalue weighted by atomic mass is 9.62. The van der Waals surface area contributed by atoms with E-state index in [1.54, 1.807) is 16.7 Å². The standard InChI is InChI=1S/C23H26/c1-2-5-17-6-3-7-18-14-22-19(13-21(17)18)8-4-11-23(22)15-16-9-10-20(23)12-16/h3,6-7,9-10,13-14,16,20H,2,4-5,8,11-12,15H2,1H3. The Balaban J connectivity index is 1.71. The van der Waals surface area contributed by atoms with Gasteiger partial charge in [0.2, 0.25) is 0 Å². The summed E-state index contributed by atoms with van der Waals surface area (Å²) in [5.74, 6) is 1.66. The van der Waals surface area contributed by atoms with Crippen molar-refractivity contribution in [3.63, 3.8) is 0 Å². The zero-order valence-electron chi connectivity index (χ0n) is 14.1. The van der Waals surface area contributed by atoms with Gasteiger partial charge in [0.1, 0.15) is 0 Å². The minimum absolute atomic E-state index is 0.474. The monoisotopic (exact) mass is 302 g/mol. The first-order valence-corrected chi connectivity index (χ1v) is 9.53. The number of hydrogen-bond acceptors (Lipinski definition) is 0. The molecule has 3 aliphatic carbocycles. The number of fused-ring (bicyclic) bond motifs is 6. The molecule has 3 aliphatic rings. The molecule has 0 nitrogen and oxygen atoms in total. The van der Waals surface area contributed by atoms with Gasteiger partial charge in [0.15, 0.2) is 0 Å². The number of benzene rings is 2. The summed E-state index contributed by atoms with van der Waals surface area (Å²) in [5.41, 5.74) is 5.39. The van der Waals surface area contributed by atoms with E-state index in [0.29, 0.717) is 5.41 Å². The van der Waals surface area contributed by atoms with Crippen molar-refractivity contribution in [1.29, 1.82) is 0 Å². The zero-order valence-corrected chi connectivity index (χ0v) is 14.1. The van der Waals surface area contributed by atoms with Crippen LogP contribution in [0, 0.1) is 11.8 Å². The summed E-state index contributed by atoms with van der Waals surface area (Å²) >= 11 is 0. The molecule has 3 unspecified atom stereocenters. The molecule has 0 radical (unpaired) electrons. The molecule has 2 aromatic rings. The molecule has 118 valence electrons. The molecular weight excluding hydrogens is 276 g/mol. The normalized spacial score (nSPS) is 31.2. The second kappa shape index (κ2) is 4.97. The largest absolute Gasteiger partial charge is 0.0851 e. The van der Waals surface area contributed by atoms with Gasteiger partial charge in [-0.1, -0.05) is 55.8 Å². The summed E-state index contributed by atoms with van der Waals surface area (Å²) in [5, 5.41) is 2.99. The van der Waals surface area contributed by atoms with Crippen LogP contribution in [0.1, 0.15) is 55.7 Å². The SMILES string of the molecule is CCCc1cccc2cc3c(cc12)CCCC31CC2C=CC1C2. The third kappa shape index (κ3) is 1.90. The fraction of sp³-hybridized carbons (Fsp3) is 0.478. The van der Waals surface area contributed by atoms with E-state index in [1.807, 2.05) is 0 Å². The van der Waals surface area contributed by atoms with Crippen molar-refractivity contribution in [3.8, 4) is 0 Å². The van der Waals surface area contributed by atoms with E-state index in [1.165, 1.54) is 55.7 Å². The van der Waals surface area contributed by atoms with Crippen molar-refractivity contribution >= 4 is 10.8 Å². The maximum Gasteiger partial charge on any atom is 0.00246 e. The minimum atomic E-state index is 0.474. The number of rotatable bonds is 2. The highest BCUT2D eigenvalue weighted by Gasteiger charge is 2.50. The van der Waals surface area contributed by atoms with E-state index in [-0.39, 0.29) is 0 Å². The summed E-state index contributed by atoms with van der Waals surface area (Å²) in [6.07, 6.45) is 14.4. The van der Waals surface area contributed by atoms with Crippen LogP contribution in [-0.4, -0.2) is 0 Å². The van der Waals surface area contributed by atoms with Gasteiger partial charge in [-0.3, -0.25) is 0 Å². The van der Waals surface area contributed by atoms with Gasteiger partial charge in [-0.25, -0.2) is 0 Å². The third-order valence-corrected chi connectivity index (χ3v) is 6.83. The smallest absolute Gasteiger partial charge is 0.00246 e. The summed E-state index contributed by atoms with van der Waals surface area (Å²) in [4.78, 5) is 0. The average Bonchev–Trinajstić information content (AvgIpc) is 3.16. The quantitative estimate of drug-likeness (QED) is 0.600. The Labute approximate surface area is 139 Å². The fourth-order valence-electron chi connectivity index (χ4n) is 5.87. The first-order chi connectivity index (χ1) is 11.3. The molecule has 1 saturated carbocycles. The summed E-state index contributed by atoms with van der Waals surface area (Å²) in [6, 6.07) is 12.1. The van der Waals surface area contributed by atoms with Crippen LogP contribution >= 0.6 is 0 Å². The lowest BCUT2D eigenvalue weighted by molar-refractivity contribution is 0.304. The molecule has 23 heavy (non-hydrogen) atoms. The van der Waals surface area contributed by atoms with Crippen molar-refractivity contribution in [2.24, 2.45) is 11.8 Å². The third-order valence-electron chi connectivity index (χ3n) is 6.83. The maximum absolute atomic E-state index is 2.58. The van der Waals surface area contributed by atoms with Gasteiger partial charge >= 0.3 is 0 Å². The van der Waals surface area contributed by atoms with Gasteiger partial charge in [0.25, 0.3) is 0 Å². The molecule has 2 bridgehead atoms. The van der Waals surface area contributed by atoms with E-state index in [0.717, 1.165) is 11.8 Å². The van der Waals surface area contributed by atoms with Crippen LogP contribution in [0.3, 0.4) is 0 Å². The van der Waals surface area contributed by atoms with Crippen LogP contribution < -0.4 is 0 Å². The lowest BCUT2D eigenvalue weighted by Crippen LogP contribution is -2.35. The van der Waals surface area contributed by atoms with E-state index >= 15 is 0 Å². The fourth-order valence-corrected chi connectivity index (χ4v) is 5.87. The topological polar surface area (TPSA) is 0 Å². The van der Waals surface area contributed by atoms with E-state index in [2.05, 4.69) is 49.4 Å². The molecule has 1 spiro atoms. The van der Waals surface area contributed by atoms with E-state index < -0.39 is 0 Å². The van der Waals surface area contributed by atoms with Crippen molar-refractivity contribution in [2.75, 3.05) is 0 Å². The lowest BCUT2D eigenvalue weighted by Gasteiger charge is -2.41. The molecule has 0 aliphatic heterocycles. The van der Waals surface area contributed by atoms with Gasteiger partial charge in [0, 0.05) is 5.41 Å². The molecule has 3 atom stereocenters. The molecule has 2 aromatic carbocycles. The van der Waals surface area contributed by atoms with Crippen LogP contribution in [0.5, 0.6) is 0 Å². The van der Waals surface area contributed by atoms with Crippen molar-refractivity contribution in [3.05, 3.63) is 59.2 Å². The highest BCUT2D eigenvalue weighted by molar-refractivity contribution is 5.87. The molecule has 0 saturated heterocycles.